The van der Waals surface area contributed by atoms with E-state index in [0.29, 0.717) is 50.4 Å². The van der Waals surface area contributed by atoms with Gasteiger partial charge in [0.2, 0.25) is 17.9 Å². The van der Waals surface area contributed by atoms with E-state index in [2.05, 4.69) is 20.4 Å². The van der Waals surface area contributed by atoms with E-state index in [0.717, 1.165) is 11.1 Å². The summed E-state index contributed by atoms with van der Waals surface area (Å²) in [5.74, 6) is -1.09. The zero-order valence-electron chi connectivity index (χ0n) is 25.3. The fourth-order valence-corrected chi connectivity index (χ4v) is 6.93. The molecule has 1 spiro atoms. The highest BCUT2D eigenvalue weighted by Crippen LogP contribution is 2.49. The van der Waals surface area contributed by atoms with E-state index in [4.69, 9.17) is 16.2 Å². The van der Waals surface area contributed by atoms with Crippen molar-refractivity contribution in [3.05, 3.63) is 78.1 Å². The van der Waals surface area contributed by atoms with Gasteiger partial charge in [-0.3, -0.25) is 9.48 Å². The Hall–Kier alpha value is -4.43. The number of benzene rings is 1. The summed E-state index contributed by atoms with van der Waals surface area (Å²) in [6, 6.07) is 10.9. The molecule has 2 fully saturated rings. The van der Waals surface area contributed by atoms with Crippen LogP contribution >= 0.6 is 0 Å². The first kappa shape index (κ1) is 31.5. The topological polar surface area (TPSA) is 157 Å². The maximum absolute atomic E-state index is 15.2. The van der Waals surface area contributed by atoms with Gasteiger partial charge in [-0.15, -0.1) is 0 Å². The largest absolute Gasteiger partial charge is 0.480 e. The second kappa shape index (κ2) is 12.1. The van der Waals surface area contributed by atoms with Crippen molar-refractivity contribution in [1.82, 2.24) is 25.1 Å². The maximum atomic E-state index is 15.2. The SMILES string of the molecule is Cc1ccn(C2C=C(c3ccccc3)C=CC2(CN)C(Oc2cc(N3CCC4(CC3)CNC(C(=O)O)C4)nc(N)n2)C(F)(F)F)n1. The quantitative estimate of drug-likeness (QED) is 0.287. The maximum Gasteiger partial charge on any atom is 0.426 e. The number of nitrogens with one attached hydrogen (secondary N) is 1. The normalized spacial score (nSPS) is 25.0. The van der Waals surface area contributed by atoms with Gasteiger partial charge in [0.05, 0.1) is 17.2 Å². The average molecular weight is 639 g/mol. The fourth-order valence-electron chi connectivity index (χ4n) is 6.93. The van der Waals surface area contributed by atoms with Crippen LogP contribution < -0.4 is 26.4 Å². The summed E-state index contributed by atoms with van der Waals surface area (Å²) in [6.07, 6.45) is 1.12. The van der Waals surface area contributed by atoms with Crippen LogP contribution in [0.25, 0.3) is 5.57 Å². The molecule has 3 aliphatic rings. The number of allylic oxidation sites excluding steroid dienone is 3. The minimum Gasteiger partial charge on any atom is -0.480 e. The summed E-state index contributed by atoms with van der Waals surface area (Å²) in [7, 11) is 0. The predicted molar refractivity (Wildman–Crippen MR) is 166 cm³/mol. The predicted octanol–water partition coefficient (Wildman–Crippen LogP) is 3.75. The van der Waals surface area contributed by atoms with Gasteiger partial charge in [0.1, 0.15) is 11.9 Å². The van der Waals surface area contributed by atoms with Gasteiger partial charge < -0.3 is 31.5 Å². The molecule has 4 atom stereocenters. The van der Waals surface area contributed by atoms with Crippen LogP contribution in [-0.4, -0.2) is 75.3 Å². The van der Waals surface area contributed by atoms with Gasteiger partial charge in [0, 0.05) is 38.4 Å². The monoisotopic (exact) mass is 638 g/mol. The van der Waals surface area contributed by atoms with Gasteiger partial charge in [-0.25, -0.2) is 0 Å². The number of halogens is 3. The lowest BCUT2D eigenvalue weighted by Crippen LogP contribution is -2.56. The van der Waals surface area contributed by atoms with E-state index in [-0.39, 0.29) is 17.2 Å². The van der Waals surface area contributed by atoms with Crippen molar-refractivity contribution in [3.63, 3.8) is 0 Å². The first-order valence-electron chi connectivity index (χ1n) is 15.2. The molecule has 14 heteroatoms. The van der Waals surface area contributed by atoms with Crippen LogP contribution in [0.3, 0.4) is 0 Å². The summed E-state index contributed by atoms with van der Waals surface area (Å²) >= 11 is 0. The molecule has 4 unspecified atom stereocenters. The highest BCUT2D eigenvalue weighted by Gasteiger charge is 2.59. The number of aryl methyl sites for hydroxylation is 1. The molecule has 2 aromatic heterocycles. The van der Waals surface area contributed by atoms with Crippen molar-refractivity contribution in [2.75, 3.05) is 36.8 Å². The van der Waals surface area contributed by atoms with Crippen molar-refractivity contribution in [2.24, 2.45) is 16.6 Å². The van der Waals surface area contributed by atoms with Crippen LogP contribution in [0.2, 0.25) is 0 Å². The Balaban J connectivity index is 1.31. The molecule has 0 amide bonds. The molecule has 0 bridgehead atoms. The lowest BCUT2D eigenvalue weighted by atomic mass is 9.70. The number of ether oxygens (including phenoxy) is 1. The number of piperidine rings is 1. The molecule has 2 aliphatic heterocycles. The first-order valence-corrected chi connectivity index (χ1v) is 15.2. The molecule has 4 heterocycles. The van der Waals surface area contributed by atoms with Crippen molar-refractivity contribution in [1.29, 1.82) is 0 Å². The number of nitrogens with two attached hydrogens (primary N) is 2. The van der Waals surface area contributed by atoms with Crippen molar-refractivity contribution >= 4 is 23.3 Å². The van der Waals surface area contributed by atoms with Gasteiger partial charge in [0.25, 0.3) is 0 Å². The molecule has 1 aromatic carbocycles. The van der Waals surface area contributed by atoms with Gasteiger partial charge in [-0.05, 0) is 48.8 Å². The zero-order chi connectivity index (χ0) is 32.7. The number of alkyl halides is 3. The van der Waals surface area contributed by atoms with Gasteiger partial charge >= 0.3 is 12.1 Å². The number of hydrogen-bond donors (Lipinski definition) is 4. The zero-order valence-corrected chi connectivity index (χ0v) is 25.3. The molecule has 6 N–H and O–H groups in total. The van der Waals surface area contributed by atoms with Gasteiger partial charge in [0.15, 0.2) is 0 Å². The molecule has 244 valence electrons. The standard InChI is InChI=1S/C32H37F3N8O3/c1-20-8-12-43(41-20)24-15-22(21-5-3-2-4-6-21)7-9-31(24,18-36)28(32(33,34)35)46-26-16-25(39-29(37)40-26)42-13-10-30(11-14-42)17-23(27(44)45)38-19-30/h2-9,12,15-16,23-24,28,38H,10-11,13-14,17-19,36H2,1H3,(H,44,45)(H2,37,39,40). The molecular weight excluding hydrogens is 601 g/mol. The Labute approximate surface area is 264 Å². The fraction of sp³-hybridized carbons (Fsp3) is 0.438. The molecule has 2 saturated heterocycles. The molecule has 1 aliphatic carbocycles. The minimum atomic E-state index is -4.87. The molecule has 0 radical (unpaired) electrons. The smallest absolute Gasteiger partial charge is 0.426 e. The highest BCUT2D eigenvalue weighted by atomic mass is 19.4. The Bertz CT molecular complexity index is 1630. The van der Waals surface area contributed by atoms with Crippen LogP contribution in [0, 0.1) is 17.8 Å². The van der Waals surface area contributed by atoms with E-state index < -0.39 is 42.3 Å². The van der Waals surface area contributed by atoms with Crippen LogP contribution in [0.15, 0.2) is 66.9 Å². The lowest BCUT2D eigenvalue weighted by molar-refractivity contribution is -0.226. The van der Waals surface area contributed by atoms with Crippen LogP contribution in [0.4, 0.5) is 24.9 Å². The van der Waals surface area contributed by atoms with E-state index in [1.807, 2.05) is 35.2 Å². The Morgan fingerprint density at radius 1 is 1.20 bits per heavy atom. The number of nitrogen functional groups attached to an aromatic ring is 1. The number of carboxylic acids is 1. The summed E-state index contributed by atoms with van der Waals surface area (Å²) in [5, 5.41) is 17.0. The second-order valence-electron chi connectivity index (χ2n) is 12.4. The van der Waals surface area contributed by atoms with Crippen LogP contribution in [0.5, 0.6) is 5.88 Å². The molecule has 11 nitrogen and oxygen atoms in total. The highest BCUT2D eigenvalue weighted by molar-refractivity contribution is 5.76. The average Bonchev–Trinajstić information content (AvgIpc) is 3.66. The summed E-state index contributed by atoms with van der Waals surface area (Å²) in [5.41, 5.74) is 12.5. The third kappa shape index (κ3) is 6.06. The lowest BCUT2D eigenvalue weighted by Gasteiger charge is -2.44. The number of nitrogens with zero attached hydrogens (tertiary/aromatic N) is 5. The Kier molecular flexibility index (Phi) is 8.27. The second-order valence-corrected chi connectivity index (χ2v) is 12.4. The molecule has 0 saturated carbocycles. The summed E-state index contributed by atoms with van der Waals surface area (Å²) in [6.45, 7) is 2.99. The number of anilines is 2. The van der Waals surface area contributed by atoms with Gasteiger partial charge in [-0.2, -0.15) is 28.2 Å². The summed E-state index contributed by atoms with van der Waals surface area (Å²) < 4.78 is 52.7. The number of aliphatic carboxylic acids is 1. The minimum absolute atomic E-state index is 0.161. The van der Waals surface area contributed by atoms with Gasteiger partial charge in [-0.1, -0.05) is 48.6 Å². The number of carboxylic acid groups (broad SMARTS) is 1. The number of hydrogen-bond acceptors (Lipinski definition) is 9. The third-order valence-corrected chi connectivity index (χ3v) is 9.49. The number of rotatable bonds is 8. The molecule has 3 aromatic rings. The van der Waals surface area contributed by atoms with E-state index >= 15 is 13.2 Å². The van der Waals surface area contributed by atoms with Crippen LogP contribution in [-0.2, 0) is 4.79 Å². The molecule has 46 heavy (non-hydrogen) atoms. The van der Waals surface area contributed by atoms with Crippen molar-refractivity contribution in [3.8, 4) is 5.88 Å². The Morgan fingerprint density at radius 2 is 1.93 bits per heavy atom. The van der Waals surface area contributed by atoms with E-state index in [9.17, 15) is 9.90 Å². The Morgan fingerprint density at radius 3 is 2.54 bits per heavy atom. The van der Waals surface area contributed by atoms with Crippen molar-refractivity contribution < 1.29 is 27.8 Å². The van der Waals surface area contributed by atoms with Crippen LogP contribution in [0.1, 0.15) is 36.6 Å². The molecule has 6 rings (SSSR count). The molecular formula is C32H37F3N8O3. The van der Waals surface area contributed by atoms with Crippen molar-refractivity contribution in [2.45, 2.75) is 50.6 Å². The third-order valence-electron chi connectivity index (χ3n) is 9.49. The number of aromatic nitrogens is 4. The van der Waals surface area contributed by atoms with E-state index in [1.54, 1.807) is 31.3 Å². The van der Waals surface area contributed by atoms with E-state index in [1.165, 1.54) is 16.8 Å². The number of carbonyl (C=O) groups is 1. The summed E-state index contributed by atoms with van der Waals surface area (Å²) in [4.78, 5) is 21.7. The first-order chi connectivity index (χ1) is 21.9.